The molecule has 2 unspecified atom stereocenters. The topological polar surface area (TPSA) is 15.3 Å². The molecule has 1 aliphatic heterocycles. The summed E-state index contributed by atoms with van der Waals surface area (Å²) in [6.45, 7) is 8.43. The molecule has 4 rings (SSSR count). The van der Waals surface area contributed by atoms with Crippen LogP contribution >= 0.6 is 0 Å². The predicted molar refractivity (Wildman–Crippen MR) is 83.1 cm³/mol. The lowest BCUT2D eigenvalue weighted by atomic mass is 9.76. The van der Waals surface area contributed by atoms with Crippen molar-refractivity contribution in [1.29, 1.82) is 0 Å². The van der Waals surface area contributed by atoms with Crippen LogP contribution in [0.5, 0.6) is 0 Å². The van der Waals surface area contributed by atoms with Crippen molar-refractivity contribution >= 4 is 0 Å². The first-order valence-electron chi connectivity index (χ1n) is 8.20. The maximum Gasteiger partial charge on any atom is 0.0278 e. The van der Waals surface area contributed by atoms with Gasteiger partial charge in [-0.25, -0.2) is 0 Å². The van der Waals surface area contributed by atoms with E-state index in [1.807, 2.05) is 0 Å². The van der Waals surface area contributed by atoms with E-state index in [0.29, 0.717) is 5.54 Å². The number of hydrogen-bond acceptors (Lipinski definition) is 2. The fourth-order valence-electron chi connectivity index (χ4n) is 3.97. The highest BCUT2D eigenvalue weighted by atomic mass is 15.3. The van der Waals surface area contributed by atoms with E-state index in [2.05, 4.69) is 48.3 Å². The minimum Gasteiger partial charge on any atom is -0.311 e. The Morgan fingerprint density at radius 3 is 2.80 bits per heavy atom. The lowest BCUT2D eigenvalue weighted by molar-refractivity contribution is 0.0525. The zero-order chi connectivity index (χ0) is 13.7. The van der Waals surface area contributed by atoms with Crippen molar-refractivity contribution in [1.82, 2.24) is 10.2 Å². The highest BCUT2D eigenvalue weighted by Gasteiger charge is 2.41. The van der Waals surface area contributed by atoms with Crippen LogP contribution in [0.1, 0.15) is 43.7 Å². The van der Waals surface area contributed by atoms with Gasteiger partial charge in [0.1, 0.15) is 0 Å². The van der Waals surface area contributed by atoms with Gasteiger partial charge in [-0.3, -0.25) is 4.90 Å². The van der Waals surface area contributed by atoms with Gasteiger partial charge in [0.05, 0.1) is 0 Å². The molecule has 2 nitrogen and oxygen atoms in total. The SMILES string of the molecule is CC1(C)CNC(C2CC2)CN1CC1Cc2ccccc21. The van der Waals surface area contributed by atoms with Crippen molar-refractivity contribution < 1.29 is 0 Å². The van der Waals surface area contributed by atoms with E-state index < -0.39 is 0 Å². The highest BCUT2D eigenvalue weighted by Crippen LogP contribution is 2.39. The number of piperazine rings is 1. The van der Waals surface area contributed by atoms with Crippen molar-refractivity contribution in [2.24, 2.45) is 5.92 Å². The van der Waals surface area contributed by atoms with Crippen LogP contribution in [0.3, 0.4) is 0 Å². The first kappa shape index (κ1) is 12.8. The van der Waals surface area contributed by atoms with Crippen molar-refractivity contribution in [2.45, 2.75) is 50.6 Å². The van der Waals surface area contributed by atoms with E-state index in [1.54, 1.807) is 11.1 Å². The van der Waals surface area contributed by atoms with Crippen molar-refractivity contribution in [3.8, 4) is 0 Å². The number of nitrogens with one attached hydrogen (secondary N) is 1. The van der Waals surface area contributed by atoms with Gasteiger partial charge in [-0.1, -0.05) is 24.3 Å². The van der Waals surface area contributed by atoms with E-state index in [1.165, 1.54) is 32.4 Å². The lowest BCUT2D eigenvalue weighted by Crippen LogP contribution is -2.63. The normalized spacial score (nSPS) is 32.5. The molecule has 1 saturated carbocycles. The summed E-state index contributed by atoms with van der Waals surface area (Å²) in [5, 5.41) is 3.79. The first-order valence-corrected chi connectivity index (χ1v) is 8.20. The summed E-state index contributed by atoms with van der Waals surface area (Å²) in [5.74, 6) is 1.73. The highest BCUT2D eigenvalue weighted by molar-refractivity contribution is 5.40. The second-order valence-corrected chi connectivity index (χ2v) is 7.64. The molecule has 20 heavy (non-hydrogen) atoms. The Morgan fingerprint density at radius 2 is 2.05 bits per heavy atom. The Hall–Kier alpha value is -0.860. The number of benzene rings is 1. The van der Waals surface area contributed by atoms with Crippen molar-refractivity contribution in [2.75, 3.05) is 19.6 Å². The monoisotopic (exact) mass is 270 g/mol. The van der Waals surface area contributed by atoms with Gasteiger partial charge in [0.15, 0.2) is 0 Å². The van der Waals surface area contributed by atoms with Gasteiger partial charge in [0.2, 0.25) is 0 Å². The summed E-state index contributed by atoms with van der Waals surface area (Å²) in [6, 6.07) is 9.74. The third kappa shape index (κ3) is 2.19. The van der Waals surface area contributed by atoms with Crippen LogP contribution in [0, 0.1) is 5.92 Å². The van der Waals surface area contributed by atoms with E-state index in [9.17, 15) is 0 Å². The molecule has 2 atom stereocenters. The third-order valence-corrected chi connectivity index (χ3v) is 5.66. The molecule has 1 heterocycles. The Morgan fingerprint density at radius 1 is 1.25 bits per heavy atom. The number of rotatable bonds is 3. The van der Waals surface area contributed by atoms with Crippen LogP contribution in [-0.2, 0) is 6.42 Å². The average Bonchev–Trinajstić information content (AvgIpc) is 3.22. The molecule has 2 aliphatic carbocycles. The van der Waals surface area contributed by atoms with E-state index in [-0.39, 0.29) is 0 Å². The molecule has 3 aliphatic rings. The van der Waals surface area contributed by atoms with Crippen LogP contribution in [0.2, 0.25) is 0 Å². The quantitative estimate of drug-likeness (QED) is 0.908. The minimum absolute atomic E-state index is 0.302. The summed E-state index contributed by atoms with van der Waals surface area (Å²) in [6.07, 6.45) is 4.17. The molecule has 2 fully saturated rings. The van der Waals surface area contributed by atoms with E-state index in [4.69, 9.17) is 0 Å². The summed E-state index contributed by atoms with van der Waals surface area (Å²) in [5.41, 5.74) is 3.48. The molecule has 1 aromatic rings. The minimum atomic E-state index is 0.302. The molecule has 0 radical (unpaired) electrons. The van der Waals surface area contributed by atoms with Crippen molar-refractivity contribution in [3.63, 3.8) is 0 Å². The van der Waals surface area contributed by atoms with Crippen molar-refractivity contribution in [3.05, 3.63) is 35.4 Å². The van der Waals surface area contributed by atoms with Gasteiger partial charge in [-0.05, 0) is 50.2 Å². The fourth-order valence-corrected chi connectivity index (χ4v) is 3.97. The maximum absolute atomic E-state index is 3.79. The smallest absolute Gasteiger partial charge is 0.0278 e. The molecule has 1 aromatic carbocycles. The van der Waals surface area contributed by atoms with Gasteiger partial charge in [-0.2, -0.15) is 0 Å². The van der Waals surface area contributed by atoms with Crippen LogP contribution in [-0.4, -0.2) is 36.1 Å². The Balaban J connectivity index is 1.46. The molecule has 108 valence electrons. The fraction of sp³-hybridized carbons (Fsp3) is 0.667. The van der Waals surface area contributed by atoms with Gasteiger partial charge in [0.25, 0.3) is 0 Å². The van der Waals surface area contributed by atoms with Crippen LogP contribution < -0.4 is 5.32 Å². The second kappa shape index (κ2) is 4.57. The molecular weight excluding hydrogens is 244 g/mol. The maximum atomic E-state index is 3.79. The first-order chi connectivity index (χ1) is 9.63. The van der Waals surface area contributed by atoms with Gasteiger partial charge >= 0.3 is 0 Å². The predicted octanol–water partition coefficient (Wildman–Crippen LogP) is 2.79. The molecule has 0 bridgehead atoms. The molecular formula is C18H26N2. The van der Waals surface area contributed by atoms with Gasteiger partial charge in [0, 0.05) is 37.1 Å². The zero-order valence-electron chi connectivity index (χ0n) is 12.7. The molecule has 0 aromatic heterocycles. The lowest BCUT2D eigenvalue weighted by Gasteiger charge is -2.49. The standard InChI is InChI=1S/C18H26N2/c1-18(2)12-19-17(13-7-8-13)11-20(18)10-15-9-14-5-3-4-6-16(14)15/h3-6,13,15,17,19H,7-12H2,1-2H3. The number of fused-ring (bicyclic) bond motifs is 1. The van der Waals surface area contributed by atoms with Crippen LogP contribution in [0.4, 0.5) is 0 Å². The second-order valence-electron chi connectivity index (χ2n) is 7.64. The van der Waals surface area contributed by atoms with Gasteiger partial charge < -0.3 is 5.32 Å². The van der Waals surface area contributed by atoms with Crippen LogP contribution in [0.25, 0.3) is 0 Å². The largest absolute Gasteiger partial charge is 0.311 e. The average molecular weight is 270 g/mol. The Bertz CT molecular complexity index is 504. The molecule has 2 heteroatoms. The number of nitrogens with zero attached hydrogens (tertiary/aromatic N) is 1. The molecule has 1 saturated heterocycles. The number of hydrogen-bond donors (Lipinski definition) is 1. The third-order valence-electron chi connectivity index (χ3n) is 5.66. The summed E-state index contributed by atoms with van der Waals surface area (Å²) in [7, 11) is 0. The van der Waals surface area contributed by atoms with E-state index in [0.717, 1.165) is 24.4 Å². The van der Waals surface area contributed by atoms with Gasteiger partial charge in [-0.15, -0.1) is 0 Å². The molecule has 1 N–H and O–H groups in total. The summed E-state index contributed by atoms with van der Waals surface area (Å²) in [4.78, 5) is 2.76. The molecule has 0 amide bonds. The summed E-state index contributed by atoms with van der Waals surface area (Å²) < 4.78 is 0. The Kier molecular flexibility index (Phi) is 2.94. The van der Waals surface area contributed by atoms with Crippen LogP contribution in [0.15, 0.2) is 24.3 Å². The molecule has 0 spiro atoms. The van der Waals surface area contributed by atoms with E-state index >= 15 is 0 Å². The summed E-state index contributed by atoms with van der Waals surface area (Å²) >= 11 is 0. The Labute approximate surface area is 122 Å². The zero-order valence-corrected chi connectivity index (χ0v) is 12.7.